The number of aliphatic hydroxyl groups is 1. The first-order valence-electron chi connectivity index (χ1n) is 8.68. The molecular weight excluding hydrogens is 296 g/mol. The zero-order valence-electron chi connectivity index (χ0n) is 13.7. The van der Waals surface area contributed by atoms with Crippen LogP contribution in [0, 0.1) is 0 Å². The summed E-state index contributed by atoms with van der Waals surface area (Å²) >= 11 is 0. The van der Waals surface area contributed by atoms with E-state index in [9.17, 15) is 0 Å². The van der Waals surface area contributed by atoms with E-state index in [4.69, 9.17) is 20.3 Å². The number of nitrogens with zero attached hydrogens (tertiary/aromatic N) is 3. The van der Waals surface area contributed by atoms with Crippen LogP contribution in [0.4, 0.5) is 5.69 Å². The molecule has 1 aromatic heterocycles. The second-order valence-corrected chi connectivity index (χ2v) is 6.41. The maximum atomic E-state index is 8.81. The van der Waals surface area contributed by atoms with E-state index < -0.39 is 0 Å². The summed E-state index contributed by atoms with van der Waals surface area (Å²) in [4.78, 5) is 2.57. The number of hydrogen-bond donors (Lipinski definition) is 2. The van der Waals surface area contributed by atoms with Crippen LogP contribution in [0.5, 0.6) is 5.88 Å². The minimum atomic E-state index is 0.117. The molecule has 2 aliphatic rings. The minimum absolute atomic E-state index is 0.117. The molecule has 23 heavy (non-hydrogen) atoms. The molecule has 0 aromatic carbocycles. The van der Waals surface area contributed by atoms with Crippen LogP contribution in [0.1, 0.15) is 38.1 Å². The summed E-state index contributed by atoms with van der Waals surface area (Å²) in [6.45, 7) is 4.42. The fourth-order valence-corrected chi connectivity index (χ4v) is 3.55. The molecule has 0 bridgehead atoms. The van der Waals surface area contributed by atoms with Gasteiger partial charge >= 0.3 is 0 Å². The van der Waals surface area contributed by atoms with Gasteiger partial charge in [0.25, 0.3) is 5.88 Å². The number of anilines is 1. The SMILES string of the molecule is Nc1cn([C@H]2CC[C@H](N3CCOCC3)CC2)nc1OCCCO. The Labute approximate surface area is 137 Å². The summed E-state index contributed by atoms with van der Waals surface area (Å²) in [5.41, 5.74) is 6.56. The molecule has 1 aromatic rings. The molecule has 0 unspecified atom stereocenters. The standard InChI is InChI=1S/C16H28N4O3/c17-15-12-20(18-16(15)23-9-1-8-21)14-4-2-13(3-5-14)19-6-10-22-11-7-19/h12-14,21H,1-11,17H2/t13-,14-. The van der Waals surface area contributed by atoms with Gasteiger partial charge in [-0.3, -0.25) is 9.58 Å². The molecule has 2 fully saturated rings. The lowest BCUT2D eigenvalue weighted by Crippen LogP contribution is -2.45. The number of ether oxygens (including phenoxy) is 2. The lowest BCUT2D eigenvalue weighted by molar-refractivity contribution is 0.00503. The zero-order valence-corrected chi connectivity index (χ0v) is 13.7. The van der Waals surface area contributed by atoms with Gasteiger partial charge in [-0.05, 0) is 25.7 Å². The van der Waals surface area contributed by atoms with Crippen LogP contribution in [0.25, 0.3) is 0 Å². The van der Waals surface area contributed by atoms with Crippen molar-refractivity contribution in [2.24, 2.45) is 0 Å². The van der Waals surface area contributed by atoms with Crippen LogP contribution in [0.2, 0.25) is 0 Å². The summed E-state index contributed by atoms with van der Waals surface area (Å²) < 4.78 is 12.9. The van der Waals surface area contributed by atoms with Crippen LogP contribution < -0.4 is 10.5 Å². The van der Waals surface area contributed by atoms with E-state index in [1.807, 2.05) is 10.9 Å². The number of nitrogens with two attached hydrogens (primary N) is 1. The summed E-state index contributed by atoms with van der Waals surface area (Å²) in [6, 6.07) is 1.09. The van der Waals surface area contributed by atoms with Gasteiger partial charge in [0, 0.05) is 32.2 Å². The molecule has 1 saturated carbocycles. The number of rotatable bonds is 6. The zero-order chi connectivity index (χ0) is 16.1. The first-order valence-corrected chi connectivity index (χ1v) is 8.68. The molecule has 0 amide bonds. The monoisotopic (exact) mass is 324 g/mol. The largest absolute Gasteiger partial charge is 0.475 e. The average Bonchev–Trinajstić information content (AvgIpc) is 2.97. The minimum Gasteiger partial charge on any atom is -0.475 e. The Morgan fingerprint density at radius 1 is 1.22 bits per heavy atom. The Balaban J connectivity index is 1.52. The number of aliphatic hydroxyl groups excluding tert-OH is 1. The Morgan fingerprint density at radius 3 is 2.61 bits per heavy atom. The van der Waals surface area contributed by atoms with Crippen molar-refractivity contribution in [3.63, 3.8) is 0 Å². The van der Waals surface area contributed by atoms with Gasteiger partial charge in [-0.25, -0.2) is 0 Å². The molecule has 7 heteroatoms. The lowest BCUT2D eigenvalue weighted by atomic mass is 9.90. The highest BCUT2D eigenvalue weighted by atomic mass is 16.5. The van der Waals surface area contributed by atoms with Gasteiger partial charge in [0.15, 0.2) is 0 Å². The summed E-state index contributed by atoms with van der Waals surface area (Å²) in [7, 11) is 0. The molecule has 0 atom stereocenters. The van der Waals surface area contributed by atoms with Gasteiger partial charge in [-0.1, -0.05) is 0 Å². The summed E-state index contributed by atoms with van der Waals surface area (Å²) in [6.07, 6.45) is 7.12. The normalized spacial score (nSPS) is 26.3. The van der Waals surface area contributed by atoms with Crippen molar-refractivity contribution in [2.45, 2.75) is 44.2 Å². The Morgan fingerprint density at radius 2 is 1.91 bits per heavy atom. The van der Waals surface area contributed by atoms with Gasteiger partial charge in [0.2, 0.25) is 0 Å². The fourth-order valence-electron chi connectivity index (χ4n) is 3.55. The first-order chi connectivity index (χ1) is 11.3. The molecule has 0 radical (unpaired) electrons. The number of nitrogen functional groups attached to an aromatic ring is 1. The van der Waals surface area contributed by atoms with E-state index in [0.717, 1.165) is 39.1 Å². The number of morpholine rings is 1. The third-order valence-electron chi connectivity index (χ3n) is 4.87. The molecular formula is C16H28N4O3. The highest BCUT2D eigenvalue weighted by Crippen LogP contribution is 2.33. The van der Waals surface area contributed by atoms with E-state index in [1.165, 1.54) is 12.8 Å². The van der Waals surface area contributed by atoms with Crippen molar-refractivity contribution in [2.75, 3.05) is 45.3 Å². The molecule has 3 N–H and O–H groups in total. The van der Waals surface area contributed by atoms with Crippen LogP contribution >= 0.6 is 0 Å². The summed E-state index contributed by atoms with van der Waals surface area (Å²) in [5, 5.41) is 13.3. The van der Waals surface area contributed by atoms with E-state index in [2.05, 4.69) is 10.00 Å². The van der Waals surface area contributed by atoms with Gasteiger partial charge in [-0.15, -0.1) is 5.10 Å². The molecule has 1 aliphatic carbocycles. The molecule has 7 nitrogen and oxygen atoms in total. The highest BCUT2D eigenvalue weighted by Gasteiger charge is 2.28. The van der Waals surface area contributed by atoms with E-state index in [0.29, 0.717) is 36.7 Å². The maximum absolute atomic E-state index is 8.81. The number of hydrogen-bond acceptors (Lipinski definition) is 6. The van der Waals surface area contributed by atoms with Gasteiger partial charge in [0.05, 0.1) is 32.1 Å². The van der Waals surface area contributed by atoms with Crippen molar-refractivity contribution in [3.05, 3.63) is 6.20 Å². The Kier molecular flexibility index (Phi) is 5.75. The molecule has 1 saturated heterocycles. The van der Waals surface area contributed by atoms with Crippen LogP contribution in [0.15, 0.2) is 6.20 Å². The molecule has 3 rings (SSSR count). The third-order valence-corrected chi connectivity index (χ3v) is 4.87. The van der Waals surface area contributed by atoms with Crippen molar-refractivity contribution in [3.8, 4) is 5.88 Å². The predicted molar refractivity (Wildman–Crippen MR) is 87.5 cm³/mol. The van der Waals surface area contributed by atoms with Crippen molar-refractivity contribution >= 4 is 5.69 Å². The second-order valence-electron chi connectivity index (χ2n) is 6.41. The quantitative estimate of drug-likeness (QED) is 0.761. The van der Waals surface area contributed by atoms with E-state index in [-0.39, 0.29) is 6.61 Å². The maximum Gasteiger partial charge on any atom is 0.256 e. The van der Waals surface area contributed by atoms with E-state index >= 15 is 0 Å². The fraction of sp³-hybridized carbons (Fsp3) is 0.812. The first kappa shape index (κ1) is 16.5. The summed E-state index contributed by atoms with van der Waals surface area (Å²) in [5.74, 6) is 0.494. The Bertz CT molecular complexity index is 480. The second kappa shape index (κ2) is 7.99. The van der Waals surface area contributed by atoms with Gasteiger partial charge in [-0.2, -0.15) is 0 Å². The van der Waals surface area contributed by atoms with E-state index in [1.54, 1.807) is 0 Å². The topological polar surface area (TPSA) is 85.8 Å². The van der Waals surface area contributed by atoms with Crippen LogP contribution in [-0.4, -0.2) is 65.3 Å². The van der Waals surface area contributed by atoms with Crippen molar-refractivity contribution < 1.29 is 14.6 Å². The third kappa shape index (κ3) is 4.16. The molecule has 2 heterocycles. The molecule has 1 aliphatic heterocycles. The van der Waals surface area contributed by atoms with Crippen molar-refractivity contribution in [1.82, 2.24) is 14.7 Å². The van der Waals surface area contributed by atoms with Crippen LogP contribution in [-0.2, 0) is 4.74 Å². The predicted octanol–water partition coefficient (Wildman–Crippen LogP) is 1.04. The van der Waals surface area contributed by atoms with Gasteiger partial charge < -0.3 is 20.3 Å². The smallest absolute Gasteiger partial charge is 0.256 e. The average molecular weight is 324 g/mol. The molecule has 130 valence electrons. The van der Waals surface area contributed by atoms with Crippen molar-refractivity contribution in [1.29, 1.82) is 0 Å². The highest BCUT2D eigenvalue weighted by molar-refractivity contribution is 5.46. The van der Waals surface area contributed by atoms with Crippen LogP contribution in [0.3, 0.4) is 0 Å². The Hall–Kier alpha value is -1.31. The van der Waals surface area contributed by atoms with Gasteiger partial charge in [0.1, 0.15) is 5.69 Å². The molecule has 0 spiro atoms. The number of aromatic nitrogens is 2. The lowest BCUT2D eigenvalue weighted by Gasteiger charge is -2.38.